The number of anilines is 1. The molecule has 1 N–H and O–H groups in total. The topological polar surface area (TPSA) is 100 Å². The molecule has 1 aliphatic rings. The highest BCUT2D eigenvalue weighted by Crippen LogP contribution is 2.32. The van der Waals surface area contributed by atoms with Gasteiger partial charge >= 0.3 is 11.9 Å². The number of amides is 1. The number of rotatable bonds is 6. The van der Waals surface area contributed by atoms with Crippen molar-refractivity contribution in [3.05, 3.63) is 59.7 Å². The van der Waals surface area contributed by atoms with Crippen LogP contribution in [0.25, 0.3) is 6.08 Å². The summed E-state index contributed by atoms with van der Waals surface area (Å²) in [6, 6.07) is 11.5. The first kappa shape index (κ1) is 19.0. The monoisotopic (exact) mass is 383 g/mol. The molecule has 0 aromatic heterocycles. The van der Waals surface area contributed by atoms with Crippen molar-refractivity contribution in [1.29, 1.82) is 0 Å². The Hall–Kier alpha value is -3.81. The minimum absolute atomic E-state index is 0.169. The number of nitrogens with one attached hydrogen (secondary N) is 1. The molecule has 0 unspecified atom stereocenters. The van der Waals surface area contributed by atoms with Crippen molar-refractivity contribution in [2.75, 3.05) is 25.8 Å². The van der Waals surface area contributed by atoms with Crippen LogP contribution >= 0.6 is 0 Å². The van der Waals surface area contributed by atoms with Crippen LogP contribution in [0.5, 0.6) is 11.5 Å². The van der Waals surface area contributed by atoms with Gasteiger partial charge in [-0.05, 0) is 42.0 Å². The third-order valence-electron chi connectivity index (χ3n) is 3.72. The highest BCUT2D eigenvalue weighted by atomic mass is 16.7. The molecule has 0 aliphatic carbocycles. The molecular weight excluding hydrogens is 366 g/mol. The Morgan fingerprint density at radius 1 is 1.11 bits per heavy atom. The van der Waals surface area contributed by atoms with Gasteiger partial charge in [-0.2, -0.15) is 0 Å². The first-order chi connectivity index (χ1) is 13.5. The number of hydrogen-bond donors (Lipinski definition) is 1. The summed E-state index contributed by atoms with van der Waals surface area (Å²) >= 11 is 0. The largest absolute Gasteiger partial charge is 0.465 e. The summed E-state index contributed by atoms with van der Waals surface area (Å²) in [5.41, 5.74) is 1.41. The van der Waals surface area contributed by atoms with E-state index in [1.54, 1.807) is 42.5 Å². The second-order valence-corrected chi connectivity index (χ2v) is 5.67. The first-order valence-corrected chi connectivity index (χ1v) is 8.28. The number of hydrogen-bond acceptors (Lipinski definition) is 7. The Morgan fingerprint density at radius 2 is 1.93 bits per heavy atom. The van der Waals surface area contributed by atoms with Crippen LogP contribution in [-0.4, -0.2) is 38.4 Å². The lowest BCUT2D eigenvalue weighted by molar-refractivity contribution is -0.142. The molecule has 144 valence electrons. The number of carbonyl (C=O) groups is 3. The van der Waals surface area contributed by atoms with Gasteiger partial charge in [0.25, 0.3) is 5.91 Å². The molecule has 1 amide bonds. The van der Waals surface area contributed by atoms with Gasteiger partial charge in [-0.25, -0.2) is 9.59 Å². The molecule has 1 heterocycles. The summed E-state index contributed by atoms with van der Waals surface area (Å²) in [7, 11) is 1.27. The number of benzene rings is 2. The zero-order valence-corrected chi connectivity index (χ0v) is 15.0. The van der Waals surface area contributed by atoms with Crippen LogP contribution < -0.4 is 14.8 Å². The van der Waals surface area contributed by atoms with Crippen LogP contribution in [0.4, 0.5) is 5.69 Å². The third kappa shape index (κ3) is 4.88. The van der Waals surface area contributed by atoms with Gasteiger partial charge in [0.05, 0.1) is 12.7 Å². The average Bonchev–Trinajstić information content (AvgIpc) is 3.18. The SMILES string of the molecule is COC(=O)c1cccc(NC(=O)COC(=O)/C=C/c2ccc3c(c2)OCO3)c1. The molecule has 0 spiro atoms. The lowest BCUT2D eigenvalue weighted by Crippen LogP contribution is -2.20. The van der Waals surface area contributed by atoms with E-state index in [4.69, 9.17) is 14.2 Å². The minimum atomic E-state index is -0.670. The van der Waals surface area contributed by atoms with E-state index in [2.05, 4.69) is 10.1 Å². The zero-order valence-electron chi connectivity index (χ0n) is 15.0. The fraction of sp³-hybridized carbons (Fsp3) is 0.150. The molecule has 8 heteroatoms. The average molecular weight is 383 g/mol. The second-order valence-electron chi connectivity index (χ2n) is 5.67. The normalized spacial score (nSPS) is 11.9. The van der Waals surface area contributed by atoms with Crippen LogP contribution in [0, 0.1) is 0 Å². The molecule has 3 rings (SSSR count). The molecule has 0 radical (unpaired) electrons. The number of esters is 2. The Morgan fingerprint density at radius 3 is 2.75 bits per heavy atom. The van der Waals surface area contributed by atoms with E-state index in [0.717, 1.165) is 5.56 Å². The number of ether oxygens (including phenoxy) is 4. The minimum Gasteiger partial charge on any atom is -0.465 e. The van der Waals surface area contributed by atoms with Gasteiger partial charge in [0.15, 0.2) is 18.1 Å². The molecule has 0 fully saturated rings. The summed E-state index contributed by atoms with van der Waals surface area (Å²) in [6.45, 7) is -0.297. The van der Waals surface area contributed by atoms with E-state index in [1.165, 1.54) is 19.3 Å². The maximum atomic E-state index is 11.9. The van der Waals surface area contributed by atoms with Crippen LogP contribution in [0.1, 0.15) is 15.9 Å². The first-order valence-electron chi connectivity index (χ1n) is 8.28. The smallest absolute Gasteiger partial charge is 0.337 e. The van der Waals surface area contributed by atoms with Crippen LogP contribution in [0.15, 0.2) is 48.5 Å². The molecule has 0 saturated carbocycles. The van der Waals surface area contributed by atoms with Crippen molar-refractivity contribution in [2.45, 2.75) is 0 Å². The van der Waals surface area contributed by atoms with Gasteiger partial charge in [-0.1, -0.05) is 12.1 Å². The second kappa shape index (κ2) is 8.72. The fourth-order valence-electron chi connectivity index (χ4n) is 2.40. The Balaban J connectivity index is 1.49. The van der Waals surface area contributed by atoms with Crippen molar-refractivity contribution < 1.29 is 33.3 Å². The van der Waals surface area contributed by atoms with E-state index < -0.39 is 24.5 Å². The Bertz CT molecular complexity index is 936. The van der Waals surface area contributed by atoms with Crippen LogP contribution in [0.3, 0.4) is 0 Å². The highest BCUT2D eigenvalue weighted by molar-refractivity contribution is 5.96. The van der Waals surface area contributed by atoms with E-state index in [-0.39, 0.29) is 6.79 Å². The number of carbonyl (C=O) groups excluding carboxylic acids is 3. The molecule has 28 heavy (non-hydrogen) atoms. The molecule has 0 atom stereocenters. The van der Waals surface area contributed by atoms with E-state index in [1.807, 2.05) is 0 Å². The standard InChI is InChI=1S/C20H17NO7/c1-25-20(24)14-3-2-4-15(10-14)21-18(22)11-26-19(23)8-6-13-5-7-16-17(9-13)28-12-27-16/h2-10H,11-12H2,1H3,(H,21,22)/b8-6+. The van der Waals surface area contributed by atoms with Gasteiger partial charge in [0.2, 0.25) is 6.79 Å². The van der Waals surface area contributed by atoms with E-state index in [0.29, 0.717) is 22.7 Å². The van der Waals surface area contributed by atoms with Crippen molar-refractivity contribution in [3.63, 3.8) is 0 Å². The van der Waals surface area contributed by atoms with Gasteiger partial charge in [-0.15, -0.1) is 0 Å². The van der Waals surface area contributed by atoms with E-state index in [9.17, 15) is 14.4 Å². The van der Waals surface area contributed by atoms with Crippen LogP contribution in [0.2, 0.25) is 0 Å². The highest BCUT2D eigenvalue weighted by Gasteiger charge is 2.13. The van der Waals surface area contributed by atoms with Crippen molar-refractivity contribution >= 4 is 29.6 Å². The lowest BCUT2D eigenvalue weighted by atomic mass is 10.2. The summed E-state index contributed by atoms with van der Waals surface area (Å²) < 4.78 is 20.0. The van der Waals surface area contributed by atoms with E-state index >= 15 is 0 Å². The molecule has 2 aromatic carbocycles. The maximum absolute atomic E-state index is 11.9. The van der Waals surface area contributed by atoms with Crippen molar-refractivity contribution in [1.82, 2.24) is 0 Å². The molecular formula is C20H17NO7. The summed E-state index contributed by atoms with van der Waals surface area (Å²) in [5, 5.41) is 2.54. The predicted octanol–water partition coefficient (Wildman–Crippen LogP) is 2.40. The zero-order chi connectivity index (χ0) is 19.9. The lowest BCUT2D eigenvalue weighted by Gasteiger charge is -2.07. The fourth-order valence-corrected chi connectivity index (χ4v) is 2.40. The third-order valence-corrected chi connectivity index (χ3v) is 3.72. The predicted molar refractivity (Wildman–Crippen MR) is 99.0 cm³/mol. The quantitative estimate of drug-likeness (QED) is 0.604. The maximum Gasteiger partial charge on any atom is 0.337 e. The molecule has 8 nitrogen and oxygen atoms in total. The van der Waals surface area contributed by atoms with Crippen molar-refractivity contribution in [3.8, 4) is 11.5 Å². The summed E-state index contributed by atoms with van der Waals surface area (Å²) in [6.07, 6.45) is 2.75. The molecule has 2 aromatic rings. The number of fused-ring (bicyclic) bond motifs is 1. The van der Waals surface area contributed by atoms with Gasteiger partial charge in [0.1, 0.15) is 0 Å². The molecule has 0 saturated heterocycles. The number of methoxy groups -OCH3 is 1. The van der Waals surface area contributed by atoms with Gasteiger partial charge in [-0.3, -0.25) is 4.79 Å². The Kier molecular flexibility index (Phi) is 5.91. The van der Waals surface area contributed by atoms with Gasteiger partial charge in [0, 0.05) is 11.8 Å². The summed E-state index contributed by atoms with van der Waals surface area (Å²) in [4.78, 5) is 35.2. The molecule has 0 bridgehead atoms. The van der Waals surface area contributed by atoms with Crippen LogP contribution in [-0.2, 0) is 19.1 Å². The van der Waals surface area contributed by atoms with Gasteiger partial charge < -0.3 is 24.3 Å². The Labute approximate surface area is 160 Å². The summed E-state index contributed by atoms with van der Waals surface area (Å²) in [5.74, 6) is -0.476. The molecule has 1 aliphatic heterocycles. The van der Waals surface area contributed by atoms with Crippen molar-refractivity contribution in [2.24, 2.45) is 0 Å².